The quantitative estimate of drug-likeness (QED) is 0.370. The van der Waals surface area contributed by atoms with Crippen molar-refractivity contribution in [3.05, 3.63) is 95.7 Å². The van der Waals surface area contributed by atoms with Crippen LogP contribution in [0.1, 0.15) is 21.7 Å². The molecular formula is C24H18N2O4. The number of carbonyl (C=O) groups excluding carboxylic acids is 1. The molecule has 1 aromatic heterocycles. The number of carboxylic acids is 1. The highest BCUT2D eigenvalue weighted by Crippen LogP contribution is 2.22. The molecule has 6 nitrogen and oxygen atoms in total. The van der Waals surface area contributed by atoms with Crippen LogP contribution in [0.3, 0.4) is 0 Å². The van der Waals surface area contributed by atoms with Crippen LogP contribution in [0.4, 0.5) is 0 Å². The monoisotopic (exact) mass is 398 g/mol. The minimum Gasteiger partial charge on any atom is -0.478 e. The molecule has 0 fully saturated rings. The van der Waals surface area contributed by atoms with Gasteiger partial charge in [-0.05, 0) is 40.6 Å². The minimum atomic E-state index is -0.979. The van der Waals surface area contributed by atoms with Crippen LogP contribution < -0.4 is 5.43 Å². The first-order valence-corrected chi connectivity index (χ1v) is 9.32. The Hall–Kier alpha value is -4.19. The first kappa shape index (κ1) is 19.1. The molecule has 4 aromatic rings. The minimum absolute atomic E-state index is 0.209. The van der Waals surface area contributed by atoms with E-state index in [1.54, 1.807) is 24.3 Å². The van der Waals surface area contributed by atoms with Gasteiger partial charge in [0.1, 0.15) is 11.5 Å². The van der Waals surface area contributed by atoms with Crippen molar-refractivity contribution in [3.8, 4) is 11.3 Å². The Bertz CT molecular complexity index is 1230. The van der Waals surface area contributed by atoms with Crippen molar-refractivity contribution in [1.82, 2.24) is 5.43 Å². The second-order valence-corrected chi connectivity index (χ2v) is 6.69. The topological polar surface area (TPSA) is 91.9 Å². The molecule has 0 unspecified atom stereocenters. The zero-order valence-electron chi connectivity index (χ0n) is 15.9. The van der Waals surface area contributed by atoms with Gasteiger partial charge in [-0.2, -0.15) is 5.10 Å². The van der Waals surface area contributed by atoms with E-state index in [9.17, 15) is 9.59 Å². The molecule has 0 bridgehead atoms. The number of hydrogen-bond acceptors (Lipinski definition) is 4. The van der Waals surface area contributed by atoms with Crippen LogP contribution in [-0.4, -0.2) is 23.2 Å². The van der Waals surface area contributed by atoms with Gasteiger partial charge in [0.2, 0.25) is 5.91 Å². The SMILES string of the molecule is O=C(Cc1cccc2ccccc12)N/N=C\c1ccc(-c2ccc(C(=O)O)cc2)o1. The molecule has 1 heterocycles. The van der Waals surface area contributed by atoms with E-state index in [1.165, 1.54) is 18.3 Å². The highest BCUT2D eigenvalue weighted by molar-refractivity contribution is 5.91. The zero-order chi connectivity index (χ0) is 20.9. The smallest absolute Gasteiger partial charge is 0.335 e. The maximum Gasteiger partial charge on any atom is 0.335 e. The summed E-state index contributed by atoms with van der Waals surface area (Å²) in [6.45, 7) is 0. The fourth-order valence-electron chi connectivity index (χ4n) is 3.18. The molecule has 0 aliphatic rings. The maximum absolute atomic E-state index is 12.3. The summed E-state index contributed by atoms with van der Waals surface area (Å²) in [6.07, 6.45) is 1.65. The lowest BCUT2D eigenvalue weighted by atomic mass is 10.0. The summed E-state index contributed by atoms with van der Waals surface area (Å²) in [6, 6.07) is 23.7. The van der Waals surface area contributed by atoms with E-state index < -0.39 is 5.97 Å². The number of hydrogen-bond donors (Lipinski definition) is 2. The molecule has 0 atom stereocenters. The van der Waals surface area contributed by atoms with Crippen LogP contribution >= 0.6 is 0 Å². The number of carbonyl (C=O) groups is 2. The predicted molar refractivity (Wildman–Crippen MR) is 114 cm³/mol. The van der Waals surface area contributed by atoms with E-state index in [2.05, 4.69) is 10.5 Å². The lowest BCUT2D eigenvalue weighted by Gasteiger charge is -2.05. The van der Waals surface area contributed by atoms with Gasteiger partial charge in [0.15, 0.2) is 0 Å². The van der Waals surface area contributed by atoms with Crippen molar-refractivity contribution < 1.29 is 19.1 Å². The third kappa shape index (κ3) is 4.28. The van der Waals surface area contributed by atoms with Crippen molar-refractivity contribution in [2.45, 2.75) is 6.42 Å². The summed E-state index contributed by atoms with van der Waals surface area (Å²) < 4.78 is 5.68. The van der Waals surface area contributed by atoms with Crippen LogP contribution in [0.5, 0.6) is 0 Å². The van der Waals surface area contributed by atoms with E-state index in [0.29, 0.717) is 11.5 Å². The molecule has 0 saturated carbocycles. The Labute approximate surface area is 172 Å². The van der Waals surface area contributed by atoms with Crippen LogP contribution in [0, 0.1) is 0 Å². The highest BCUT2D eigenvalue weighted by Gasteiger charge is 2.08. The third-order valence-electron chi connectivity index (χ3n) is 4.66. The van der Waals surface area contributed by atoms with Gasteiger partial charge in [0, 0.05) is 5.56 Å². The summed E-state index contributed by atoms with van der Waals surface area (Å²) in [7, 11) is 0. The molecule has 148 valence electrons. The third-order valence-corrected chi connectivity index (χ3v) is 4.66. The van der Waals surface area contributed by atoms with Gasteiger partial charge < -0.3 is 9.52 Å². The fourth-order valence-corrected chi connectivity index (χ4v) is 3.18. The molecule has 1 amide bonds. The summed E-state index contributed by atoms with van der Waals surface area (Å²) >= 11 is 0. The molecular weight excluding hydrogens is 380 g/mol. The molecule has 0 aliphatic carbocycles. The molecule has 2 N–H and O–H groups in total. The van der Waals surface area contributed by atoms with E-state index in [1.807, 2.05) is 42.5 Å². The molecule has 0 aliphatic heterocycles. The Kier molecular flexibility index (Phi) is 5.39. The summed E-state index contributed by atoms with van der Waals surface area (Å²) in [4.78, 5) is 23.2. The van der Waals surface area contributed by atoms with Gasteiger partial charge in [0.25, 0.3) is 0 Å². The summed E-state index contributed by atoms with van der Waals surface area (Å²) in [5.41, 5.74) is 4.41. The summed E-state index contributed by atoms with van der Waals surface area (Å²) in [5.74, 6) is -0.153. The van der Waals surface area contributed by atoms with Crippen molar-refractivity contribution in [2.75, 3.05) is 0 Å². The second-order valence-electron chi connectivity index (χ2n) is 6.69. The van der Waals surface area contributed by atoms with Crippen molar-refractivity contribution >= 4 is 28.9 Å². The van der Waals surface area contributed by atoms with E-state index in [4.69, 9.17) is 9.52 Å². The molecule has 0 saturated heterocycles. The summed E-state index contributed by atoms with van der Waals surface area (Å²) in [5, 5.41) is 15.1. The van der Waals surface area contributed by atoms with Gasteiger partial charge in [-0.15, -0.1) is 0 Å². The van der Waals surface area contributed by atoms with Crippen LogP contribution in [0.25, 0.3) is 22.1 Å². The number of fused-ring (bicyclic) bond motifs is 1. The maximum atomic E-state index is 12.3. The van der Waals surface area contributed by atoms with Crippen molar-refractivity contribution in [3.63, 3.8) is 0 Å². The Morgan fingerprint density at radius 3 is 2.50 bits per heavy atom. The molecule has 4 rings (SSSR count). The van der Waals surface area contributed by atoms with Gasteiger partial charge in [0.05, 0.1) is 18.2 Å². The second kappa shape index (κ2) is 8.45. The van der Waals surface area contributed by atoms with E-state index >= 15 is 0 Å². The predicted octanol–water partition coefficient (Wildman–Crippen LogP) is 4.49. The lowest BCUT2D eigenvalue weighted by molar-refractivity contribution is -0.120. The average molecular weight is 398 g/mol. The number of nitrogens with zero attached hydrogens (tertiary/aromatic N) is 1. The molecule has 3 aromatic carbocycles. The largest absolute Gasteiger partial charge is 0.478 e. The lowest BCUT2D eigenvalue weighted by Crippen LogP contribution is -2.19. The number of hydrazone groups is 1. The van der Waals surface area contributed by atoms with Gasteiger partial charge >= 0.3 is 5.97 Å². The number of rotatable bonds is 6. The number of nitrogens with one attached hydrogen (secondary N) is 1. The van der Waals surface area contributed by atoms with Gasteiger partial charge in [-0.25, -0.2) is 10.2 Å². The van der Waals surface area contributed by atoms with Crippen LogP contribution in [0.15, 0.2) is 88.4 Å². The fraction of sp³-hybridized carbons (Fsp3) is 0.0417. The molecule has 30 heavy (non-hydrogen) atoms. The van der Waals surface area contributed by atoms with E-state index in [-0.39, 0.29) is 17.9 Å². The first-order valence-electron chi connectivity index (χ1n) is 9.32. The number of aromatic carboxylic acids is 1. The zero-order valence-corrected chi connectivity index (χ0v) is 15.9. The molecule has 6 heteroatoms. The average Bonchev–Trinajstić information content (AvgIpc) is 3.23. The molecule has 0 spiro atoms. The highest BCUT2D eigenvalue weighted by atomic mass is 16.4. The Balaban J connectivity index is 1.39. The molecule has 0 radical (unpaired) electrons. The normalized spacial score (nSPS) is 11.1. The van der Waals surface area contributed by atoms with Crippen molar-refractivity contribution in [1.29, 1.82) is 0 Å². The number of benzene rings is 3. The Morgan fingerprint density at radius 1 is 0.933 bits per heavy atom. The number of furan rings is 1. The number of amides is 1. The van der Waals surface area contributed by atoms with Crippen LogP contribution in [-0.2, 0) is 11.2 Å². The van der Waals surface area contributed by atoms with Gasteiger partial charge in [-0.3, -0.25) is 4.79 Å². The van der Waals surface area contributed by atoms with Crippen molar-refractivity contribution in [2.24, 2.45) is 5.10 Å². The number of carboxylic acid groups (broad SMARTS) is 1. The standard InChI is InChI=1S/C24H18N2O4/c27-23(14-19-6-3-5-16-4-1-2-7-21(16)19)26-25-15-20-12-13-22(30-20)17-8-10-18(11-9-17)24(28)29/h1-13,15H,14H2,(H,26,27)(H,28,29)/b25-15-. The first-order chi connectivity index (χ1) is 14.6. The Morgan fingerprint density at radius 2 is 1.70 bits per heavy atom. The van der Waals surface area contributed by atoms with Crippen LogP contribution in [0.2, 0.25) is 0 Å². The van der Waals surface area contributed by atoms with Gasteiger partial charge in [-0.1, -0.05) is 54.6 Å². The van der Waals surface area contributed by atoms with E-state index in [0.717, 1.165) is 21.9 Å².